The van der Waals surface area contributed by atoms with Crippen LogP contribution < -0.4 is 0 Å². The van der Waals surface area contributed by atoms with Crippen LogP contribution in [0.2, 0.25) is 0 Å². The lowest BCUT2D eigenvalue weighted by Gasteiger charge is -2.36. The quantitative estimate of drug-likeness (QED) is 0.832. The standard InChI is InChI=1S/C14H15F4NO4S/c1-8-10(13(20)21)3-2-6-19(8)24(22,23)12-5-4-9(15)7-11(12)14(16,17)18/h4-5,7-8,10H,2-3,6H2,1H3,(H,20,21)/t8-,10-/m1/s1. The molecule has 0 radical (unpaired) electrons. The molecule has 1 aliphatic heterocycles. The monoisotopic (exact) mass is 369 g/mol. The summed E-state index contributed by atoms with van der Waals surface area (Å²) in [6, 6.07) is 0.305. The van der Waals surface area contributed by atoms with Crippen molar-refractivity contribution in [3.63, 3.8) is 0 Å². The third-order valence-corrected chi connectivity index (χ3v) is 6.13. The molecular formula is C14H15F4NO4S. The highest BCUT2D eigenvalue weighted by atomic mass is 32.2. The summed E-state index contributed by atoms with van der Waals surface area (Å²) in [7, 11) is -4.62. The van der Waals surface area contributed by atoms with Crippen LogP contribution in [0, 0.1) is 11.7 Å². The SMILES string of the molecule is C[C@@H]1[C@H](C(=O)O)CCCN1S(=O)(=O)c1ccc(F)cc1C(F)(F)F. The predicted molar refractivity (Wildman–Crippen MR) is 75.1 cm³/mol. The number of sulfonamides is 1. The fraction of sp³-hybridized carbons (Fsp3) is 0.500. The van der Waals surface area contributed by atoms with Gasteiger partial charge in [-0.15, -0.1) is 0 Å². The van der Waals surface area contributed by atoms with Crippen LogP contribution in [-0.4, -0.2) is 36.4 Å². The topological polar surface area (TPSA) is 74.7 Å². The Kier molecular flexibility index (Phi) is 4.91. The highest BCUT2D eigenvalue weighted by Crippen LogP contribution is 2.37. The molecule has 1 heterocycles. The van der Waals surface area contributed by atoms with Crippen molar-refractivity contribution >= 4 is 16.0 Å². The molecule has 1 aromatic rings. The van der Waals surface area contributed by atoms with Gasteiger partial charge in [-0.2, -0.15) is 17.5 Å². The molecule has 0 unspecified atom stereocenters. The van der Waals surface area contributed by atoms with Crippen molar-refractivity contribution in [1.82, 2.24) is 4.31 Å². The first kappa shape index (κ1) is 18.7. The molecule has 0 aliphatic carbocycles. The van der Waals surface area contributed by atoms with Crippen LogP contribution in [0.25, 0.3) is 0 Å². The predicted octanol–water partition coefficient (Wildman–Crippen LogP) is 2.72. The summed E-state index contributed by atoms with van der Waals surface area (Å²) < 4.78 is 78.5. The first-order chi connectivity index (χ1) is 11.0. The second-order valence-electron chi connectivity index (χ2n) is 5.58. The van der Waals surface area contributed by atoms with Crippen LogP contribution in [0.1, 0.15) is 25.3 Å². The van der Waals surface area contributed by atoms with Gasteiger partial charge in [0.25, 0.3) is 0 Å². The van der Waals surface area contributed by atoms with E-state index in [-0.39, 0.29) is 25.5 Å². The Bertz CT molecular complexity index is 748. The summed E-state index contributed by atoms with van der Waals surface area (Å²) in [5.41, 5.74) is -1.60. The molecule has 1 N–H and O–H groups in total. The van der Waals surface area contributed by atoms with Crippen molar-refractivity contribution in [2.24, 2.45) is 5.92 Å². The van der Waals surface area contributed by atoms with E-state index in [2.05, 4.69) is 0 Å². The van der Waals surface area contributed by atoms with Crippen molar-refractivity contribution in [3.05, 3.63) is 29.6 Å². The Morgan fingerprint density at radius 2 is 1.96 bits per heavy atom. The summed E-state index contributed by atoms with van der Waals surface area (Å²) in [4.78, 5) is 10.1. The van der Waals surface area contributed by atoms with Gasteiger partial charge < -0.3 is 5.11 Å². The van der Waals surface area contributed by atoms with E-state index >= 15 is 0 Å². The Labute approximate surface area is 135 Å². The van der Waals surface area contributed by atoms with Gasteiger partial charge in [-0.05, 0) is 38.0 Å². The number of piperidine rings is 1. The smallest absolute Gasteiger partial charge is 0.417 e. The number of hydrogen-bond donors (Lipinski definition) is 1. The Morgan fingerprint density at radius 1 is 1.33 bits per heavy atom. The lowest BCUT2D eigenvalue weighted by Crippen LogP contribution is -2.49. The number of alkyl halides is 3. The minimum Gasteiger partial charge on any atom is -0.481 e. The maximum Gasteiger partial charge on any atom is 0.417 e. The average molecular weight is 369 g/mol. The normalized spacial score (nSPS) is 23.2. The molecule has 1 fully saturated rings. The van der Waals surface area contributed by atoms with Crippen LogP contribution >= 0.6 is 0 Å². The zero-order chi connectivity index (χ0) is 18.3. The van der Waals surface area contributed by atoms with Gasteiger partial charge in [0.1, 0.15) is 5.82 Å². The molecule has 1 saturated heterocycles. The molecule has 0 bridgehead atoms. The first-order valence-electron chi connectivity index (χ1n) is 7.07. The number of rotatable bonds is 3. The van der Waals surface area contributed by atoms with Gasteiger partial charge in [0.15, 0.2) is 0 Å². The van der Waals surface area contributed by atoms with Crippen LogP contribution in [0.5, 0.6) is 0 Å². The average Bonchev–Trinajstić information content (AvgIpc) is 2.45. The zero-order valence-corrected chi connectivity index (χ0v) is 13.4. The molecule has 2 atom stereocenters. The summed E-state index contributed by atoms with van der Waals surface area (Å²) in [5, 5.41) is 9.13. The van der Waals surface area contributed by atoms with Gasteiger partial charge in [-0.3, -0.25) is 4.79 Å². The van der Waals surface area contributed by atoms with E-state index in [0.29, 0.717) is 12.1 Å². The van der Waals surface area contributed by atoms with Crippen molar-refractivity contribution in [1.29, 1.82) is 0 Å². The van der Waals surface area contributed by atoms with Crippen LogP contribution in [0.3, 0.4) is 0 Å². The van der Waals surface area contributed by atoms with E-state index in [9.17, 15) is 30.8 Å². The van der Waals surface area contributed by atoms with E-state index in [1.165, 1.54) is 6.92 Å². The summed E-state index contributed by atoms with van der Waals surface area (Å²) in [5.74, 6) is -3.43. The van der Waals surface area contributed by atoms with Crippen molar-refractivity contribution < 1.29 is 35.9 Å². The van der Waals surface area contributed by atoms with Gasteiger partial charge in [0.2, 0.25) is 10.0 Å². The lowest BCUT2D eigenvalue weighted by molar-refractivity contribution is -0.144. The maximum atomic E-state index is 13.2. The summed E-state index contributed by atoms with van der Waals surface area (Å²) in [6.45, 7) is 1.24. The Balaban J connectivity index is 2.53. The first-order valence-corrected chi connectivity index (χ1v) is 8.51. The molecular weight excluding hydrogens is 354 g/mol. The fourth-order valence-electron chi connectivity index (χ4n) is 2.86. The fourth-order valence-corrected chi connectivity index (χ4v) is 4.76. The molecule has 5 nitrogen and oxygen atoms in total. The molecule has 2 rings (SSSR count). The number of nitrogens with zero attached hydrogens (tertiary/aromatic N) is 1. The maximum absolute atomic E-state index is 13.2. The number of benzene rings is 1. The molecule has 134 valence electrons. The number of aliphatic carboxylic acids is 1. The number of hydrogen-bond acceptors (Lipinski definition) is 3. The molecule has 0 amide bonds. The van der Waals surface area contributed by atoms with Gasteiger partial charge in [-0.25, -0.2) is 12.8 Å². The van der Waals surface area contributed by atoms with E-state index in [0.717, 1.165) is 4.31 Å². The van der Waals surface area contributed by atoms with Crippen molar-refractivity contribution in [2.45, 2.75) is 36.9 Å². The summed E-state index contributed by atoms with van der Waals surface area (Å²) >= 11 is 0. The zero-order valence-electron chi connectivity index (χ0n) is 12.5. The Morgan fingerprint density at radius 3 is 2.50 bits per heavy atom. The Hall–Kier alpha value is -1.68. The van der Waals surface area contributed by atoms with E-state index in [1.54, 1.807) is 0 Å². The highest BCUT2D eigenvalue weighted by Gasteiger charge is 2.44. The number of carboxylic acid groups (broad SMARTS) is 1. The molecule has 1 aromatic carbocycles. The molecule has 24 heavy (non-hydrogen) atoms. The molecule has 10 heteroatoms. The van der Waals surface area contributed by atoms with E-state index in [4.69, 9.17) is 5.11 Å². The van der Waals surface area contributed by atoms with Gasteiger partial charge in [-0.1, -0.05) is 0 Å². The second kappa shape index (κ2) is 6.32. The van der Waals surface area contributed by atoms with Crippen molar-refractivity contribution in [2.75, 3.05) is 6.54 Å². The minimum atomic E-state index is -5.06. The third kappa shape index (κ3) is 3.39. The lowest BCUT2D eigenvalue weighted by atomic mass is 9.92. The van der Waals surface area contributed by atoms with Gasteiger partial charge in [0, 0.05) is 12.6 Å². The van der Waals surface area contributed by atoms with Crippen LogP contribution in [-0.2, 0) is 21.0 Å². The summed E-state index contributed by atoms with van der Waals surface area (Å²) in [6.07, 6.45) is -4.61. The molecule has 1 aliphatic rings. The number of carbonyl (C=O) groups is 1. The minimum absolute atomic E-state index is 0.0953. The third-order valence-electron chi connectivity index (χ3n) is 4.08. The van der Waals surface area contributed by atoms with Gasteiger partial charge >= 0.3 is 12.1 Å². The van der Waals surface area contributed by atoms with E-state index in [1.807, 2.05) is 0 Å². The molecule has 0 aromatic heterocycles. The van der Waals surface area contributed by atoms with Crippen LogP contribution in [0.15, 0.2) is 23.1 Å². The largest absolute Gasteiger partial charge is 0.481 e. The molecule has 0 saturated carbocycles. The number of carboxylic acids is 1. The number of halogens is 4. The van der Waals surface area contributed by atoms with E-state index < -0.39 is 50.4 Å². The molecule has 0 spiro atoms. The van der Waals surface area contributed by atoms with Crippen LogP contribution in [0.4, 0.5) is 17.6 Å². The second-order valence-corrected chi connectivity index (χ2v) is 7.44. The highest BCUT2D eigenvalue weighted by molar-refractivity contribution is 7.89. The van der Waals surface area contributed by atoms with Crippen molar-refractivity contribution in [3.8, 4) is 0 Å². The van der Waals surface area contributed by atoms with Gasteiger partial charge in [0.05, 0.1) is 16.4 Å².